The molecule has 0 spiro atoms. The fraction of sp³-hybridized carbons (Fsp3) is 0.556. The Morgan fingerprint density at radius 2 is 1.44 bits per heavy atom. The van der Waals surface area contributed by atoms with Crippen LogP contribution >= 0.6 is 23.5 Å². The van der Waals surface area contributed by atoms with Gasteiger partial charge < -0.3 is 14.0 Å². The number of hydrogen-bond donors (Lipinski definition) is 0. The largest absolute Gasteiger partial charge is 0.468 e. The molecule has 0 aliphatic heterocycles. The Balaban J connectivity index is 2.55. The SMILES string of the molecule is COC(=O)CSc1nnc(SCC(=O)OC)n1C. The molecule has 0 radical (unpaired) electrons. The van der Waals surface area contributed by atoms with E-state index in [1.165, 1.54) is 37.7 Å². The topological polar surface area (TPSA) is 83.3 Å². The average Bonchev–Trinajstić information content (AvgIpc) is 2.74. The second-order valence-corrected chi connectivity index (χ2v) is 4.94. The smallest absolute Gasteiger partial charge is 0.316 e. The maximum atomic E-state index is 11.0. The molecule has 0 saturated heterocycles. The van der Waals surface area contributed by atoms with Crippen molar-refractivity contribution in [1.29, 1.82) is 0 Å². The third kappa shape index (κ3) is 4.22. The van der Waals surface area contributed by atoms with Crippen LogP contribution in [0.15, 0.2) is 10.3 Å². The third-order valence-corrected chi connectivity index (χ3v) is 3.88. The molecule has 1 heterocycles. The van der Waals surface area contributed by atoms with E-state index >= 15 is 0 Å². The molecular weight excluding hydrogens is 278 g/mol. The lowest BCUT2D eigenvalue weighted by Gasteiger charge is -2.02. The van der Waals surface area contributed by atoms with Crippen molar-refractivity contribution in [3.63, 3.8) is 0 Å². The number of esters is 2. The van der Waals surface area contributed by atoms with Crippen molar-refractivity contribution in [2.75, 3.05) is 25.7 Å². The summed E-state index contributed by atoms with van der Waals surface area (Å²) in [5.41, 5.74) is 0. The van der Waals surface area contributed by atoms with Gasteiger partial charge in [-0.05, 0) is 0 Å². The van der Waals surface area contributed by atoms with Gasteiger partial charge in [-0.1, -0.05) is 23.5 Å². The summed E-state index contributed by atoms with van der Waals surface area (Å²) in [7, 11) is 4.42. The number of nitrogens with zero attached hydrogens (tertiary/aromatic N) is 3. The first-order valence-electron chi connectivity index (χ1n) is 4.87. The van der Waals surface area contributed by atoms with Gasteiger partial charge in [0.15, 0.2) is 10.3 Å². The number of methoxy groups -OCH3 is 2. The summed E-state index contributed by atoms with van der Waals surface area (Å²) >= 11 is 2.45. The van der Waals surface area contributed by atoms with Gasteiger partial charge in [0.25, 0.3) is 0 Å². The number of ether oxygens (including phenoxy) is 2. The first kappa shape index (κ1) is 14.8. The molecule has 0 atom stereocenters. The van der Waals surface area contributed by atoms with Gasteiger partial charge in [0, 0.05) is 7.05 Å². The van der Waals surface area contributed by atoms with Crippen molar-refractivity contribution in [3.05, 3.63) is 0 Å². The van der Waals surface area contributed by atoms with Gasteiger partial charge in [-0.3, -0.25) is 9.59 Å². The van der Waals surface area contributed by atoms with E-state index in [2.05, 4.69) is 19.7 Å². The molecule has 9 heteroatoms. The zero-order valence-corrected chi connectivity index (χ0v) is 11.8. The number of thioether (sulfide) groups is 2. The zero-order valence-electron chi connectivity index (χ0n) is 10.2. The van der Waals surface area contributed by atoms with E-state index in [9.17, 15) is 9.59 Å². The van der Waals surface area contributed by atoms with Gasteiger partial charge in [-0.2, -0.15) is 0 Å². The monoisotopic (exact) mass is 291 g/mol. The standard InChI is InChI=1S/C9H13N3O4S2/c1-12-8(17-4-6(13)15-2)10-11-9(12)18-5-7(14)16-3/h4-5H2,1-3H3. The van der Waals surface area contributed by atoms with Crippen molar-refractivity contribution < 1.29 is 19.1 Å². The van der Waals surface area contributed by atoms with Gasteiger partial charge >= 0.3 is 11.9 Å². The van der Waals surface area contributed by atoms with E-state index in [1.54, 1.807) is 11.6 Å². The van der Waals surface area contributed by atoms with Crippen LogP contribution in [0.3, 0.4) is 0 Å². The molecule has 0 N–H and O–H groups in total. The highest BCUT2D eigenvalue weighted by atomic mass is 32.2. The molecule has 18 heavy (non-hydrogen) atoms. The summed E-state index contributed by atoms with van der Waals surface area (Å²) in [4.78, 5) is 22.0. The van der Waals surface area contributed by atoms with E-state index in [4.69, 9.17) is 0 Å². The van der Waals surface area contributed by atoms with Gasteiger partial charge in [-0.15, -0.1) is 10.2 Å². The molecule has 0 bridgehead atoms. The van der Waals surface area contributed by atoms with Crippen LogP contribution in [-0.4, -0.2) is 52.4 Å². The highest BCUT2D eigenvalue weighted by molar-refractivity contribution is 8.00. The second kappa shape index (κ2) is 7.27. The lowest BCUT2D eigenvalue weighted by atomic mass is 10.8. The molecule has 0 fully saturated rings. The number of hydrogen-bond acceptors (Lipinski definition) is 8. The van der Waals surface area contributed by atoms with Crippen LogP contribution < -0.4 is 0 Å². The molecule has 1 aromatic rings. The van der Waals surface area contributed by atoms with Crippen LogP contribution in [0.4, 0.5) is 0 Å². The molecule has 7 nitrogen and oxygen atoms in total. The third-order valence-electron chi connectivity index (χ3n) is 1.89. The van der Waals surface area contributed by atoms with Crippen molar-refractivity contribution >= 4 is 35.5 Å². The van der Waals surface area contributed by atoms with Crippen molar-refractivity contribution in [1.82, 2.24) is 14.8 Å². The van der Waals surface area contributed by atoms with Crippen molar-refractivity contribution in [2.24, 2.45) is 7.05 Å². The quantitative estimate of drug-likeness (QED) is 0.548. The van der Waals surface area contributed by atoms with Gasteiger partial charge in [0.2, 0.25) is 0 Å². The fourth-order valence-electron chi connectivity index (χ4n) is 0.918. The van der Waals surface area contributed by atoms with Crippen LogP contribution in [0, 0.1) is 0 Å². The predicted octanol–water partition coefficient (Wildman–Crippen LogP) is 0.345. The molecule has 1 rings (SSSR count). The molecule has 0 unspecified atom stereocenters. The number of aromatic nitrogens is 3. The van der Waals surface area contributed by atoms with E-state index in [0.29, 0.717) is 10.3 Å². The summed E-state index contributed by atoms with van der Waals surface area (Å²) in [5, 5.41) is 9.02. The fourth-order valence-corrected chi connectivity index (χ4v) is 2.46. The molecule has 0 aromatic carbocycles. The Labute approximate surface area is 113 Å². The summed E-state index contributed by atoms with van der Waals surface area (Å²) in [5.74, 6) is -0.313. The lowest BCUT2D eigenvalue weighted by molar-refractivity contribution is -0.138. The lowest BCUT2D eigenvalue weighted by Crippen LogP contribution is -2.05. The van der Waals surface area contributed by atoms with E-state index in [1.807, 2.05) is 0 Å². The molecule has 0 aliphatic carbocycles. The maximum Gasteiger partial charge on any atom is 0.316 e. The predicted molar refractivity (Wildman–Crippen MR) is 66.5 cm³/mol. The zero-order chi connectivity index (χ0) is 13.5. The van der Waals surface area contributed by atoms with Crippen molar-refractivity contribution in [3.8, 4) is 0 Å². The number of rotatable bonds is 6. The number of carbonyl (C=O) groups is 2. The van der Waals surface area contributed by atoms with Crippen LogP contribution in [0.5, 0.6) is 0 Å². The summed E-state index contributed by atoms with van der Waals surface area (Å²) in [6.45, 7) is 0. The Morgan fingerprint density at radius 3 is 1.78 bits per heavy atom. The minimum absolute atomic E-state index is 0.171. The highest BCUT2D eigenvalue weighted by Gasteiger charge is 2.13. The van der Waals surface area contributed by atoms with E-state index in [-0.39, 0.29) is 23.4 Å². The Kier molecular flexibility index (Phi) is 5.99. The van der Waals surface area contributed by atoms with Crippen molar-refractivity contribution in [2.45, 2.75) is 10.3 Å². The Morgan fingerprint density at radius 1 is 1.06 bits per heavy atom. The van der Waals surface area contributed by atoms with Gasteiger partial charge in [0.1, 0.15) is 0 Å². The minimum Gasteiger partial charge on any atom is -0.468 e. The summed E-state index contributed by atoms with van der Waals surface area (Å²) < 4.78 is 10.8. The van der Waals surface area contributed by atoms with Crippen LogP contribution in [0.1, 0.15) is 0 Å². The van der Waals surface area contributed by atoms with Crippen LogP contribution in [0.25, 0.3) is 0 Å². The first-order chi connectivity index (χ1) is 8.58. The Hall–Kier alpha value is -1.22. The highest BCUT2D eigenvalue weighted by Crippen LogP contribution is 2.21. The van der Waals surface area contributed by atoms with E-state index < -0.39 is 0 Å². The van der Waals surface area contributed by atoms with Crippen LogP contribution in [0.2, 0.25) is 0 Å². The molecule has 1 aromatic heterocycles. The molecule has 0 saturated carbocycles. The summed E-state index contributed by atoms with van der Waals surface area (Å²) in [6, 6.07) is 0. The average molecular weight is 291 g/mol. The summed E-state index contributed by atoms with van der Waals surface area (Å²) in [6.07, 6.45) is 0. The maximum absolute atomic E-state index is 11.0. The Bertz CT molecular complexity index is 398. The van der Waals surface area contributed by atoms with E-state index in [0.717, 1.165) is 0 Å². The molecule has 0 aliphatic rings. The molecule has 100 valence electrons. The van der Waals surface area contributed by atoms with Gasteiger partial charge in [0.05, 0.1) is 25.7 Å². The normalized spacial score (nSPS) is 10.2. The number of carbonyl (C=O) groups excluding carboxylic acids is 2. The molecule has 0 amide bonds. The van der Waals surface area contributed by atoms with Crippen LogP contribution in [-0.2, 0) is 26.1 Å². The first-order valence-corrected chi connectivity index (χ1v) is 6.84. The van der Waals surface area contributed by atoms with Gasteiger partial charge in [-0.25, -0.2) is 0 Å². The molecular formula is C9H13N3O4S2. The second-order valence-electron chi connectivity index (χ2n) is 3.05. The minimum atomic E-state index is -0.327.